The molecule has 6 heteroatoms. The summed E-state index contributed by atoms with van der Waals surface area (Å²) in [6.07, 6.45) is 5.19. The van der Waals surface area contributed by atoms with Gasteiger partial charge < -0.3 is 9.84 Å². The van der Waals surface area contributed by atoms with Crippen LogP contribution in [0.15, 0.2) is 54.6 Å². The van der Waals surface area contributed by atoms with Gasteiger partial charge in [0.25, 0.3) is 0 Å². The molecule has 0 aromatic heterocycles. The number of benzene rings is 3. The summed E-state index contributed by atoms with van der Waals surface area (Å²) in [5, 5.41) is 23.5. The highest BCUT2D eigenvalue weighted by Gasteiger charge is 2.27. The molecular formula is C26H27NO5. The predicted octanol–water partition coefficient (Wildman–Crippen LogP) is 6.39. The Morgan fingerprint density at radius 1 is 1.09 bits per heavy atom. The van der Waals surface area contributed by atoms with Crippen LogP contribution in [0, 0.1) is 16.0 Å². The van der Waals surface area contributed by atoms with E-state index < -0.39 is 16.8 Å². The standard InChI is InChI=1S/C26H27NO5/c1-17(26(28)29)13-18-14-23(21-12-11-19-7-5-6-8-20(19)16-21)25(24(15-18)27(30)31)32-22-9-3-2-4-10-22/h5-8,11-12,14-17,22H,2-4,9-10,13H2,1H3,(H,28,29). The number of nitrogens with zero attached hydrogens (tertiary/aromatic N) is 1. The molecule has 3 aromatic carbocycles. The third-order valence-electron chi connectivity index (χ3n) is 6.19. The molecule has 0 radical (unpaired) electrons. The number of carbonyl (C=O) groups is 1. The van der Waals surface area contributed by atoms with E-state index >= 15 is 0 Å². The van der Waals surface area contributed by atoms with Crippen LogP contribution in [0.1, 0.15) is 44.6 Å². The second-order valence-electron chi connectivity index (χ2n) is 8.63. The lowest BCUT2D eigenvalue weighted by Gasteiger charge is -2.24. The fraction of sp³-hybridized carbons (Fsp3) is 0.346. The third kappa shape index (κ3) is 4.74. The Morgan fingerprint density at radius 3 is 2.50 bits per heavy atom. The molecule has 4 rings (SSSR count). The number of carboxylic acid groups (broad SMARTS) is 1. The first-order chi connectivity index (χ1) is 15.4. The van der Waals surface area contributed by atoms with E-state index in [0.29, 0.717) is 11.1 Å². The second-order valence-corrected chi connectivity index (χ2v) is 8.63. The molecule has 0 amide bonds. The van der Waals surface area contributed by atoms with Crippen molar-refractivity contribution in [3.63, 3.8) is 0 Å². The minimum Gasteiger partial charge on any atom is -0.483 e. The Morgan fingerprint density at radius 2 is 1.81 bits per heavy atom. The average molecular weight is 434 g/mol. The Labute approximate surface area is 187 Å². The summed E-state index contributed by atoms with van der Waals surface area (Å²) >= 11 is 0. The molecule has 1 saturated carbocycles. The summed E-state index contributed by atoms with van der Waals surface area (Å²) in [5.41, 5.74) is 1.98. The summed E-state index contributed by atoms with van der Waals surface area (Å²) in [5.74, 6) is -1.30. The zero-order valence-electron chi connectivity index (χ0n) is 18.1. The van der Waals surface area contributed by atoms with E-state index in [0.717, 1.165) is 48.4 Å². The summed E-state index contributed by atoms with van der Waals surface area (Å²) in [4.78, 5) is 23.0. The van der Waals surface area contributed by atoms with Gasteiger partial charge in [0, 0.05) is 11.6 Å². The quantitative estimate of drug-likeness (QED) is 0.344. The number of fused-ring (bicyclic) bond motifs is 1. The number of aliphatic carboxylic acids is 1. The topological polar surface area (TPSA) is 89.7 Å². The average Bonchev–Trinajstić information content (AvgIpc) is 2.80. The van der Waals surface area contributed by atoms with E-state index in [1.54, 1.807) is 6.92 Å². The van der Waals surface area contributed by atoms with Crippen molar-refractivity contribution in [1.29, 1.82) is 0 Å². The molecule has 32 heavy (non-hydrogen) atoms. The van der Waals surface area contributed by atoms with Crippen LogP contribution in [0.3, 0.4) is 0 Å². The maximum Gasteiger partial charge on any atom is 0.311 e. The van der Waals surface area contributed by atoms with E-state index in [9.17, 15) is 20.0 Å². The first kappa shape index (κ1) is 21.8. The third-order valence-corrected chi connectivity index (χ3v) is 6.19. The van der Waals surface area contributed by atoms with Crippen molar-refractivity contribution in [1.82, 2.24) is 0 Å². The molecule has 1 fully saturated rings. The predicted molar refractivity (Wildman–Crippen MR) is 124 cm³/mol. The van der Waals surface area contributed by atoms with Gasteiger partial charge >= 0.3 is 11.7 Å². The summed E-state index contributed by atoms with van der Waals surface area (Å²) in [6.45, 7) is 1.61. The minimum atomic E-state index is -0.928. The largest absolute Gasteiger partial charge is 0.483 e. The molecule has 0 saturated heterocycles. The minimum absolute atomic E-state index is 0.0505. The molecule has 6 nitrogen and oxygen atoms in total. The van der Waals surface area contributed by atoms with Crippen LogP contribution in [0.25, 0.3) is 21.9 Å². The van der Waals surface area contributed by atoms with Gasteiger partial charge in [-0.1, -0.05) is 49.7 Å². The molecule has 0 aliphatic heterocycles. The molecule has 1 aliphatic carbocycles. The highest BCUT2D eigenvalue weighted by molar-refractivity contribution is 5.89. The van der Waals surface area contributed by atoms with Crippen molar-refractivity contribution in [2.45, 2.75) is 51.6 Å². The fourth-order valence-corrected chi connectivity index (χ4v) is 4.41. The molecule has 0 heterocycles. The van der Waals surface area contributed by atoms with Gasteiger partial charge in [-0.2, -0.15) is 0 Å². The van der Waals surface area contributed by atoms with Crippen LogP contribution in [-0.4, -0.2) is 22.1 Å². The smallest absolute Gasteiger partial charge is 0.311 e. The van der Waals surface area contributed by atoms with Crippen molar-refractivity contribution in [2.75, 3.05) is 0 Å². The lowest BCUT2D eigenvalue weighted by atomic mass is 9.93. The maximum absolute atomic E-state index is 12.0. The van der Waals surface area contributed by atoms with E-state index in [4.69, 9.17) is 4.74 Å². The van der Waals surface area contributed by atoms with Crippen LogP contribution in [-0.2, 0) is 11.2 Å². The van der Waals surface area contributed by atoms with E-state index in [-0.39, 0.29) is 24.0 Å². The zero-order chi connectivity index (χ0) is 22.7. The van der Waals surface area contributed by atoms with Crippen molar-refractivity contribution in [3.05, 3.63) is 70.3 Å². The van der Waals surface area contributed by atoms with Crippen LogP contribution in [0.2, 0.25) is 0 Å². The highest BCUT2D eigenvalue weighted by Crippen LogP contribution is 2.42. The maximum atomic E-state index is 12.0. The number of hydrogen-bond donors (Lipinski definition) is 1. The number of hydrogen-bond acceptors (Lipinski definition) is 4. The van der Waals surface area contributed by atoms with Gasteiger partial charge in [0.2, 0.25) is 5.75 Å². The van der Waals surface area contributed by atoms with Gasteiger partial charge in [-0.3, -0.25) is 14.9 Å². The van der Waals surface area contributed by atoms with Crippen LogP contribution in [0.4, 0.5) is 5.69 Å². The first-order valence-corrected chi connectivity index (χ1v) is 11.1. The molecule has 1 unspecified atom stereocenters. The molecule has 1 atom stereocenters. The molecule has 0 bridgehead atoms. The lowest BCUT2D eigenvalue weighted by Crippen LogP contribution is -2.20. The van der Waals surface area contributed by atoms with Crippen LogP contribution >= 0.6 is 0 Å². The number of nitro benzene ring substituents is 1. The Balaban J connectivity index is 1.86. The van der Waals surface area contributed by atoms with Gasteiger partial charge in [0.15, 0.2) is 0 Å². The van der Waals surface area contributed by atoms with Crippen molar-refractivity contribution >= 4 is 22.4 Å². The normalized spacial score (nSPS) is 15.4. The molecule has 166 valence electrons. The van der Waals surface area contributed by atoms with Gasteiger partial charge in [-0.25, -0.2) is 0 Å². The van der Waals surface area contributed by atoms with E-state index in [1.165, 1.54) is 6.07 Å². The molecule has 1 N–H and O–H groups in total. The molecule has 3 aromatic rings. The Bertz CT molecular complexity index is 1150. The van der Waals surface area contributed by atoms with Gasteiger partial charge in [0.05, 0.1) is 16.9 Å². The SMILES string of the molecule is CC(Cc1cc(-c2ccc3ccccc3c2)c(OC2CCCCC2)c([N+](=O)[O-])c1)C(=O)O. The van der Waals surface area contributed by atoms with Gasteiger partial charge in [-0.05, 0) is 66.1 Å². The Hall–Kier alpha value is -3.41. The van der Waals surface area contributed by atoms with Crippen molar-refractivity contribution in [3.8, 4) is 16.9 Å². The van der Waals surface area contributed by atoms with E-state index in [2.05, 4.69) is 0 Å². The molecule has 1 aliphatic rings. The molecule has 0 spiro atoms. The lowest BCUT2D eigenvalue weighted by molar-refractivity contribution is -0.386. The number of ether oxygens (including phenoxy) is 1. The first-order valence-electron chi connectivity index (χ1n) is 11.1. The molecular weight excluding hydrogens is 406 g/mol. The number of nitro groups is 1. The monoisotopic (exact) mass is 433 g/mol. The second kappa shape index (κ2) is 9.39. The van der Waals surface area contributed by atoms with Crippen molar-refractivity contribution < 1.29 is 19.6 Å². The summed E-state index contributed by atoms with van der Waals surface area (Å²) < 4.78 is 6.29. The zero-order valence-corrected chi connectivity index (χ0v) is 18.1. The van der Waals surface area contributed by atoms with Crippen LogP contribution < -0.4 is 4.74 Å². The summed E-state index contributed by atoms with van der Waals surface area (Å²) in [7, 11) is 0. The number of carboxylic acids is 1. The number of rotatable bonds is 7. The van der Waals surface area contributed by atoms with Crippen molar-refractivity contribution in [2.24, 2.45) is 5.92 Å². The Kier molecular flexibility index (Phi) is 6.40. The summed E-state index contributed by atoms with van der Waals surface area (Å²) in [6, 6.07) is 17.2. The fourth-order valence-electron chi connectivity index (χ4n) is 4.41. The van der Waals surface area contributed by atoms with Gasteiger partial charge in [-0.15, -0.1) is 0 Å². The highest BCUT2D eigenvalue weighted by atomic mass is 16.6. The van der Waals surface area contributed by atoms with E-state index in [1.807, 2.05) is 48.5 Å². The van der Waals surface area contributed by atoms with Crippen LogP contribution in [0.5, 0.6) is 5.75 Å². The van der Waals surface area contributed by atoms with Gasteiger partial charge in [0.1, 0.15) is 0 Å².